The molecule has 6 heteroatoms. The predicted molar refractivity (Wildman–Crippen MR) is 71.2 cm³/mol. The van der Waals surface area contributed by atoms with E-state index in [-0.39, 0.29) is 5.41 Å². The fourth-order valence-corrected chi connectivity index (χ4v) is 1.84. The van der Waals surface area contributed by atoms with E-state index in [1.807, 2.05) is 27.7 Å². The first-order valence-electron chi connectivity index (χ1n) is 6.60. The van der Waals surface area contributed by atoms with Gasteiger partial charge in [-0.05, 0) is 13.8 Å². The molecular weight excluding hydrogens is 246 g/mol. The molecule has 0 N–H and O–H groups in total. The zero-order valence-electron chi connectivity index (χ0n) is 12.4. The van der Waals surface area contributed by atoms with Crippen LogP contribution < -0.4 is 0 Å². The summed E-state index contributed by atoms with van der Waals surface area (Å²) >= 11 is 0. The second-order valence-corrected chi connectivity index (χ2v) is 5.18. The number of rotatable bonds is 6. The molecule has 19 heavy (non-hydrogen) atoms. The van der Waals surface area contributed by atoms with Crippen LogP contribution in [0.5, 0.6) is 0 Å². The van der Waals surface area contributed by atoms with Gasteiger partial charge in [0.2, 0.25) is 0 Å². The molecule has 0 aliphatic rings. The number of hydrogen-bond donors (Lipinski definition) is 0. The third-order valence-corrected chi connectivity index (χ3v) is 2.57. The van der Waals surface area contributed by atoms with Gasteiger partial charge in [0.15, 0.2) is 5.69 Å². The van der Waals surface area contributed by atoms with Crippen LogP contribution in [-0.2, 0) is 21.4 Å². The van der Waals surface area contributed by atoms with Crippen molar-refractivity contribution in [3.05, 3.63) is 11.4 Å². The molecule has 1 aromatic heterocycles. The van der Waals surface area contributed by atoms with Gasteiger partial charge in [0.25, 0.3) is 0 Å². The Morgan fingerprint density at radius 3 is 2.47 bits per heavy atom. The van der Waals surface area contributed by atoms with Crippen molar-refractivity contribution in [3.8, 4) is 0 Å². The monoisotopic (exact) mass is 269 g/mol. The Morgan fingerprint density at radius 2 is 1.95 bits per heavy atom. The first-order valence-corrected chi connectivity index (χ1v) is 6.60. The van der Waals surface area contributed by atoms with Crippen molar-refractivity contribution in [2.75, 3.05) is 19.8 Å². The van der Waals surface area contributed by atoms with Crippen molar-refractivity contribution in [1.82, 2.24) is 15.0 Å². The highest BCUT2D eigenvalue weighted by Crippen LogP contribution is 2.25. The van der Waals surface area contributed by atoms with Gasteiger partial charge >= 0.3 is 5.97 Å². The van der Waals surface area contributed by atoms with E-state index in [0.29, 0.717) is 32.1 Å². The van der Waals surface area contributed by atoms with Gasteiger partial charge in [0.1, 0.15) is 0 Å². The second kappa shape index (κ2) is 6.65. The molecule has 6 nitrogen and oxygen atoms in total. The quantitative estimate of drug-likeness (QED) is 0.582. The van der Waals surface area contributed by atoms with Gasteiger partial charge in [-0.2, -0.15) is 0 Å². The van der Waals surface area contributed by atoms with E-state index in [2.05, 4.69) is 10.3 Å². The largest absolute Gasteiger partial charge is 0.461 e. The van der Waals surface area contributed by atoms with E-state index in [4.69, 9.17) is 9.47 Å². The molecule has 0 atom stereocenters. The molecule has 0 saturated carbocycles. The molecule has 0 saturated heterocycles. The summed E-state index contributed by atoms with van der Waals surface area (Å²) in [6, 6.07) is 0. The lowest BCUT2D eigenvalue weighted by Crippen LogP contribution is -2.23. The smallest absolute Gasteiger partial charge is 0.360 e. The van der Waals surface area contributed by atoms with Crippen LogP contribution in [0.4, 0.5) is 0 Å². The van der Waals surface area contributed by atoms with Gasteiger partial charge in [-0.1, -0.05) is 26.0 Å². The first-order chi connectivity index (χ1) is 8.91. The molecule has 108 valence electrons. The molecule has 0 spiro atoms. The molecule has 0 aliphatic heterocycles. The summed E-state index contributed by atoms with van der Waals surface area (Å²) in [5, 5.41) is 8.01. The van der Waals surface area contributed by atoms with Crippen LogP contribution in [-0.4, -0.2) is 40.8 Å². The van der Waals surface area contributed by atoms with Gasteiger partial charge < -0.3 is 9.47 Å². The fraction of sp³-hybridized carbons (Fsp3) is 0.769. The lowest BCUT2D eigenvalue weighted by Gasteiger charge is -2.20. The summed E-state index contributed by atoms with van der Waals surface area (Å²) in [6.07, 6.45) is 0. The molecular formula is C13H23N3O3. The van der Waals surface area contributed by atoms with Gasteiger partial charge in [0, 0.05) is 12.0 Å². The zero-order valence-corrected chi connectivity index (χ0v) is 12.4. The van der Waals surface area contributed by atoms with Gasteiger partial charge in [-0.3, -0.25) is 0 Å². The summed E-state index contributed by atoms with van der Waals surface area (Å²) in [6.45, 7) is 11.9. The van der Waals surface area contributed by atoms with E-state index in [9.17, 15) is 4.79 Å². The van der Waals surface area contributed by atoms with Gasteiger partial charge in [-0.25, -0.2) is 9.48 Å². The maximum absolute atomic E-state index is 11.9. The first kappa shape index (κ1) is 15.6. The van der Waals surface area contributed by atoms with E-state index < -0.39 is 5.97 Å². The Balaban J connectivity index is 3.02. The Morgan fingerprint density at radius 1 is 1.26 bits per heavy atom. The van der Waals surface area contributed by atoms with Crippen molar-refractivity contribution in [2.45, 2.75) is 46.6 Å². The zero-order chi connectivity index (χ0) is 14.5. The number of ether oxygens (including phenoxy) is 2. The molecule has 0 amide bonds. The number of nitrogens with zero attached hydrogens (tertiary/aromatic N) is 3. The van der Waals surface area contributed by atoms with Crippen LogP contribution in [0.25, 0.3) is 0 Å². The molecule has 1 rings (SSSR count). The minimum Gasteiger partial charge on any atom is -0.461 e. The van der Waals surface area contributed by atoms with Gasteiger partial charge in [-0.15, -0.1) is 5.10 Å². The lowest BCUT2D eigenvalue weighted by atomic mass is 9.90. The molecule has 0 unspecified atom stereocenters. The minimum absolute atomic E-state index is 0.238. The number of hydrogen-bond acceptors (Lipinski definition) is 5. The predicted octanol–water partition coefficient (Wildman–Crippen LogP) is 1.79. The van der Waals surface area contributed by atoms with Crippen molar-refractivity contribution >= 4 is 5.97 Å². The third-order valence-electron chi connectivity index (χ3n) is 2.57. The summed E-state index contributed by atoms with van der Waals surface area (Å²) in [5.74, 6) is -0.421. The average molecular weight is 269 g/mol. The van der Waals surface area contributed by atoms with Gasteiger partial charge in [0.05, 0.1) is 25.5 Å². The van der Waals surface area contributed by atoms with Crippen LogP contribution in [0.2, 0.25) is 0 Å². The topological polar surface area (TPSA) is 66.2 Å². The summed E-state index contributed by atoms with van der Waals surface area (Å²) in [7, 11) is 0. The summed E-state index contributed by atoms with van der Waals surface area (Å²) < 4.78 is 12.1. The Hall–Kier alpha value is -1.43. The standard InChI is InChI=1S/C13H23N3O3/c1-6-18-9-8-16-11(13(3,4)5)10(14-15-16)12(17)19-7-2/h6-9H2,1-5H3. The Kier molecular flexibility index (Phi) is 5.47. The number of esters is 1. The van der Waals surface area contributed by atoms with Crippen molar-refractivity contribution in [3.63, 3.8) is 0 Å². The molecule has 1 aromatic rings. The molecule has 0 radical (unpaired) electrons. The Labute approximate surface area is 114 Å². The molecule has 0 bridgehead atoms. The van der Waals surface area contributed by atoms with Crippen LogP contribution in [0.3, 0.4) is 0 Å². The fourth-order valence-electron chi connectivity index (χ4n) is 1.84. The highest BCUT2D eigenvalue weighted by molar-refractivity contribution is 5.88. The van der Waals surface area contributed by atoms with Crippen LogP contribution in [0, 0.1) is 0 Å². The minimum atomic E-state index is -0.421. The average Bonchev–Trinajstić information content (AvgIpc) is 2.73. The lowest BCUT2D eigenvalue weighted by molar-refractivity contribution is 0.0516. The molecule has 0 aromatic carbocycles. The molecule has 1 heterocycles. The van der Waals surface area contributed by atoms with Crippen molar-refractivity contribution in [1.29, 1.82) is 0 Å². The van der Waals surface area contributed by atoms with E-state index in [0.717, 1.165) is 5.69 Å². The molecule has 0 aliphatic carbocycles. The summed E-state index contributed by atoms with van der Waals surface area (Å²) in [5.41, 5.74) is 0.842. The van der Waals surface area contributed by atoms with E-state index in [1.165, 1.54) is 0 Å². The number of aromatic nitrogens is 3. The Bertz CT molecular complexity index is 421. The highest BCUT2D eigenvalue weighted by atomic mass is 16.5. The molecule has 0 fully saturated rings. The van der Waals surface area contributed by atoms with E-state index in [1.54, 1.807) is 11.6 Å². The highest BCUT2D eigenvalue weighted by Gasteiger charge is 2.29. The second-order valence-electron chi connectivity index (χ2n) is 5.18. The van der Waals surface area contributed by atoms with Crippen LogP contribution >= 0.6 is 0 Å². The number of carbonyl (C=O) groups is 1. The maximum atomic E-state index is 11.9. The van der Waals surface area contributed by atoms with Crippen LogP contribution in [0.1, 0.15) is 50.8 Å². The number of carbonyl (C=O) groups excluding carboxylic acids is 1. The van der Waals surface area contributed by atoms with Crippen LogP contribution in [0.15, 0.2) is 0 Å². The van der Waals surface area contributed by atoms with E-state index >= 15 is 0 Å². The third kappa shape index (κ3) is 4.02. The van der Waals surface area contributed by atoms with Crippen molar-refractivity contribution < 1.29 is 14.3 Å². The normalized spacial score (nSPS) is 11.6. The summed E-state index contributed by atoms with van der Waals surface area (Å²) in [4.78, 5) is 11.9. The SMILES string of the molecule is CCOCCn1nnc(C(=O)OCC)c1C(C)(C)C. The van der Waals surface area contributed by atoms with Crippen molar-refractivity contribution in [2.24, 2.45) is 0 Å². The maximum Gasteiger partial charge on any atom is 0.360 e.